The third-order valence-corrected chi connectivity index (χ3v) is 6.38. The molecule has 2 aliphatic heterocycles. The number of carbonyl (C=O) groups is 2. The number of benzene rings is 3. The van der Waals surface area contributed by atoms with E-state index >= 15 is 4.39 Å². The number of nitrogens with one attached hydrogen (secondary N) is 2. The first kappa shape index (κ1) is 25.3. The lowest BCUT2D eigenvalue weighted by Crippen LogP contribution is -2.81. The number of quaternary nitrogens is 1. The summed E-state index contributed by atoms with van der Waals surface area (Å²) in [5.74, 6) is 0.336. The van der Waals surface area contributed by atoms with Crippen LogP contribution in [0.2, 0.25) is 0 Å². The van der Waals surface area contributed by atoms with Crippen LogP contribution in [0.15, 0.2) is 89.7 Å². The molecule has 0 radical (unpaired) electrons. The highest BCUT2D eigenvalue weighted by Crippen LogP contribution is 2.29. The van der Waals surface area contributed by atoms with Crippen molar-refractivity contribution in [3.63, 3.8) is 0 Å². The molecule has 0 saturated carbocycles. The fourth-order valence-electron chi connectivity index (χ4n) is 4.41. The Kier molecular flexibility index (Phi) is 7.57. The molecular formula is C29H29FN5O3+. The molecule has 1 saturated heterocycles. The molecule has 2 aliphatic rings. The average Bonchev–Trinajstić information content (AvgIpc) is 3.55. The lowest BCUT2D eigenvalue weighted by atomic mass is 10.0. The number of hydrogen-bond acceptors (Lipinski definition) is 5. The van der Waals surface area contributed by atoms with E-state index in [4.69, 9.17) is 4.74 Å². The Labute approximate surface area is 220 Å². The van der Waals surface area contributed by atoms with Gasteiger partial charge in [0.2, 0.25) is 11.7 Å². The summed E-state index contributed by atoms with van der Waals surface area (Å²) < 4.78 is 20.3. The summed E-state index contributed by atoms with van der Waals surface area (Å²) in [7, 11) is 0. The number of nitrogens with zero attached hydrogens (tertiary/aromatic N) is 2. The second-order valence-corrected chi connectivity index (χ2v) is 9.21. The summed E-state index contributed by atoms with van der Waals surface area (Å²) in [6.07, 6.45) is 0.990. The van der Waals surface area contributed by atoms with Crippen molar-refractivity contribution in [2.75, 3.05) is 24.5 Å². The topological polar surface area (TPSA) is 99.6 Å². The number of hydrogen-bond donors (Lipinski definition) is 3. The number of cyclic esters (lactones) is 1. The van der Waals surface area contributed by atoms with Crippen LogP contribution in [0.25, 0.3) is 11.1 Å². The van der Waals surface area contributed by atoms with Crippen molar-refractivity contribution in [2.24, 2.45) is 4.99 Å². The van der Waals surface area contributed by atoms with E-state index in [-0.39, 0.29) is 19.0 Å². The van der Waals surface area contributed by atoms with Crippen LogP contribution in [0.4, 0.5) is 14.9 Å². The van der Waals surface area contributed by atoms with Gasteiger partial charge in [-0.05, 0) is 41.5 Å². The van der Waals surface area contributed by atoms with Gasteiger partial charge in [-0.1, -0.05) is 42.5 Å². The number of ether oxygens (including phenoxy) is 1. The first-order chi connectivity index (χ1) is 18.5. The zero-order valence-corrected chi connectivity index (χ0v) is 21.0. The molecule has 0 aliphatic carbocycles. The molecule has 0 unspecified atom stereocenters. The fourth-order valence-corrected chi connectivity index (χ4v) is 4.41. The number of rotatable bonds is 9. The highest BCUT2D eigenvalue weighted by Gasteiger charge is 2.32. The van der Waals surface area contributed by atoms with Gasteiger partial charge in [0.25, 0.3) is 0 Å². The molecule has 3 aromatic carbocycles. The summed E-state index contributed by atoms with van der Waals surface area (Å²) in [6, 6.07) is 22.5. The van der Waals surface area contributed by atoms with Crippen molar-refractivity contribution >= 4 is 23.5 Å². The van der Waals surface area contributed by atoms with Crippen molar-refractivity contribution in [1.29, 1.82) is 0 Å². The highest BCUT2D eigenvalue weighted by atomic mass is 19.1. The van der Waals surface area contributed by atoms with Crippen molar-refractivity contribution < 1.29 is 24.0 Å². The molecule has 194 valence electrons. The van der Waals surface area contributed by atoms with E-state index in [1.54, 1.807) is 12.1 Å². The van der Waals surface area contributed by atoms with Crippen LogP contribution >= 0.6 is 0 Å². The van der Waals surface area contributed by atoms with Gasteiger partial charge in [-0.2, -0.15) is 4.99 Å². The van der Waals surface area contributed by atoms with E-state index in [0.29, 0.717) is 24.3 Å². The summed E-state index contributed by atoms with van der Waals surface area (Å²) in [5, 5.41) is 8.06. The molecule has 8 nitrogen and oxygen atoms in total. The predicted molar refractivity (Wildman–Crippen MR) is 143 cm³/mol. The number of carbonyl (C=O) groups excluding carboxylic acids is 2. The number of aliphatic imine (C=N–C) groups is 1. The van der Waals surface area contributed by atoms with Gasteiger partial charge < -0.3 is 15.4 Å². The third kappa shape index (κ3) is 5.96. The molecule has 9 heteroatoms. The summed E-state index contributed by atoms with van der Waals surface area (Å²) in [5.41, 5.74) is 4.76. The van der Waals surface area contributed by atoms with Gasteiger partial charge in [0.15, 0.2) is 0 Å². The maximum Gasteiger partial charge on any atom is 0.414 e. The number of nitrogens with two attached hydrogens (primary N) is 1. The second-order valence-electron chi connectivity index (χ2n) is 9.21. The maximum absolute atomic E-state index is 15.0. The summed E-state index contributed by atoms with van der Waals surface area (Å²) in [4.78, 5) is 29.4. The largest absolute Gasteiger partial charge is 0.442 e. The fraction of sp³-hybridized carbons (Fsp3) is 0.207. The maximum atomic E-state index is 15.0. The summed E-state index contributed by atoms with van der Waals surface area (Å²) in [6.45, 7) is 3.17. The van der Waals surface area contributed by atoms with Crippen LogP contribution in [-0.2, 0) is 16.1 Å². The third-order valence-electron chi connectivity index (χ3n) is 6.38. The molecule has 0 bridgehead atoms. The Balaban J connectivity index is 1.15. The molecule has 2 amide bonds. The Morgan fingerprint density at radius 2 is 1.87 bits per heavy atom. The smallest absolute Gasteiger partial charge is 0.414 e. The Hall–Kier alpha value is -4.34. The van der Waals surface area contributed by atoms with Crippen LogP contribution in [0, 0.1) is 5.82 Å². The van der Waals surface area contributed by atoms with Crippen molar-refractivity contribution in [3.05, 3.63) is 102 Å². The zero-order valence-electron chi connectivity index (χ0n) is 21.0. The normalized spacial score (nSPS) is 16.7. The first-order valence-electron chi connectivity index (χ1n) is 12.5. The van der Waals surface area contributed by atoms with E-state index in [9.17, 15) is 9.59 Å². The molecular weight excluding hydrogens is 485 g/mol. The molecule has 3 aromatic rings. The van der Waals surface area contributed by atoms with Crippen LogP contribution in [0.5, 0.6) is 0 Å². The van der Waals surface area contributed by atoms with E-state index in [1.807, 2.05) is 66.1 Å². The van der Waals surface area contributed by atoms with Gasteiger partial charge in [0.1, 0.15) is 23.8 Å². The Morgan fingerprint density at radius 1 is 1.08 bits per heavy atom. The quantitative estimate of drug-likeness (QED) is 0.409. The van der Waals surface area contributed by atoms with Gasteiger partial charge in [-0.15, -0.1) is 0 Å². The van der Waals surface area contributed by atoms with Crippen molar-refractivity contribution in [2.45, 2.75) is 19.6 Å². The number of amides is 2. The van der Waals surface area contributed by atoms with Gasteiger partial charge in [-0.3, -0.25) is 15.0 Å². The molecule has 38 heavy (non-hydrogen) atoms. The zero-order chi connectivity index (χ0) is 26.5. The number of halogens is 1. The number of amidine groups is 1. The minimum absolute atomic E-state index is 0.201. The first-order valence-corrected chi connectivity index (χ1v) is 12.5. The van der Waals surface area contributed by atoms with Crippen molar-refractivity contribution in [1.82, 2.24) is 10.6 Å². The molecule has 1 fully saturated rings. The van der Waals surface area contributed by atoms with Crippen LogP contribution < -0.4 is 20.9 Å². The van der Waals surface area contributed by atoms with Crippen LogP contribution in [0.1, 0.15) is 18.1 Å². The van der Waals surface area contributed by atoms with E-state index in [2.05, 4.69) is 15.6 Å². The SMILES string of the molecule is CC(=O)NC[C@H]1CN(c2ccc(-c3ccc(CNCC4=C[NH2+]C(c5ccccc5)=N4)cc3)c(F)c2)C(=O)O1. The molecule has 0 spiro atoms. The lowest BCUT2D eigenvalue weighted by Gasteiger charge is -2.15. The standard InChI is InChI=1S/C29H28FN5O3/c1-19(36)32-17-25-18-35(29(37)38-25)24-11-12-26(27(30)13-24)21-9-7-20(8-10-21)14-31-15-23-16-33-28(34-23)22-5-3-2-4-6-22/h2-13,16,25,31H,14-15,17-18H2,1H3,(H,32,36)(H,33,34)/p+1/t25-/m0/s1. The molecule has 4 N–H and O–H groups in total. The van der Waals surface area contributed by atoms with Gasteiger partial charge >= 0.3 is 6.09 Å². The monoisotopic (exact) mass is 514 g/mol. The van der Waals surface area contributed by atoms with Crippen LogP contribution in [-0.4, -0.2) is 43.6 Å². The van der Waals surface area contributed by atoms with Crippen LogP contribution in [0.3, 0.4) is 0 Å². The molecule has 0 aromatic heterocycles. The number of anilines is 1. The van der Waals surface area contributed by atoms with E-state index in [1.165, 1.54) is 17.9 Å². The average molecular weight is 515 g/mol. The highest BCUT2D eigenvalue weighted by molar-refractivity contribution is 5.93. The minimum atomic E-state index is -0.558. The predicted octanol–water partition coefficient (Wildman–Crippen LogP) is 2.91. The molecule has 1 atom stereocenters. The lowest BCUT2D eigenvalue weighted by molar-refractivity contribution is -0.457. The van der Waals surface area contributed by atoms with Gasteiger partial charge in [0, 0.05) is 25.6 Å². The van der Waals surface area contributed by atoms with E-state index < -0.39 is 18.0 Å². The van der Waals surface area contributed by atoms with Crippen molar-refractivity contribution in [3.8, 4) is 11.1 Å². The summed E-state index contributed by atoms with van der Waals surface area (Å²) >= 11 is 0. The second kappa shape index (κ2) is 11.4. The minimum Gasteiger partial charge on any atom is -0.442 e. The molecule has 5 rings (SSSR count). The molecule has 2 heterocycles. The van der Waals surface area contributed by atoms with E-state index in [0.717, 1.165) is 28.2 Å². The Bertz CT molecular complexity index is 1390. The van der Waals surface area contributed by atoms with Gasteiger partial charge in [-0.25, -0.2) is 9.18 Å². The Morgan fingerprint density at radius 3 is 2.61 bits per heavy atom. The van der Waals surface area contributed by atoms with Gasteiger partial charge in [0.05, 0.1) is 24.3 Å².